The van der Waals surface area contributed by atoms with Gasteiger partial charge >= 0.3 is 0 Å². The standard InChI is InChI=1S/C24H38O2/c1-2-3-4-5-6-7-8-9-10-11-12-13-15-20-23(21-25)24(26)22-18-16-14-17-19-22/h14,16-19,21,23H,2-13,15,20H2,1H3. The van der Waals surface area contributed by atoms with Crippen molar-refractivity contribution in [3.05, 3.63) is 35.9 Å². The molecule has 26 heavy (non-hydrogen) atoms. The van der Waals surface area contributed by atoms with Crippen LogP contribution in [0.3, 0.4) is 0 Å². The number of hydrogen-bond acceptors (Lipinski definition) is 2. The van der Waals surface area contributed by atoms with E-state index in [2.05, 4.69) is 6.92 Å². The monoisotopic (exact) mass is 358 g/mol. The van der Waals surface area contributed by atoms with Gasteiger partial charge in [0.25, 0.3) is 0 Å². The van der Waals surface area contributed by atoms with Gasteiger partial charge in [-0.05, 0) is 6.42 Å². The van der Waals surface area contributed by atoms with E-state index >= 15 is 0 Å². The average Bonchev–Trinajstić information content (AvgIpc) is 2.68. The van der Waals surface area contributed by atoms with Crippen LogP contribution >= 0.6 is 0 Å². The molecule has 2 nitrogen and oxygen atoms in total. The smallest absolute Gasteiger partial charge is 0.173 e. The van der Waals surface area contributed by atoms with Crippen LogP contribution in [0, 0.1) is 5.92 Å². The first kappa shape index (κ1) is 22.6. The van der Waals surface area contributed by atoms with Crippen LogP contribution in [0.5, 0.6) is 0 Å². The molecule has 0 aliphatic carbocycles. The zero-order valence-corrected chi connectivity index (χ0v) is 16.8. The van der Waals surface area contributed by atoms with E-state index in [0.717, 1.165) is 19.1 Å². The SMILES string of the molecule is CCCCCCCCCCCCCCCC(C=O)C(=O)c1ccccc1. The average molecular weight is 359 g/mol. The van der Waals surface area contributed by atoms with Crippen LogP contribution < -0.4 is 0 Å². The minimum atomic E-state index is -0.467. The Morgan fingerprint density at radius 2 is 1.23 bits per heavy atom. The van der Waals surface area contributed by atoms with E-state index in [0.29, 0.717) is 12.0 Å². The highest BCUT2D eigenvalue weighted by Gasteiger charge is 2.18. The molecular weight excluding hydrogens is 320 g/mol. The molecule has 0 aliphatic heterocycles. The summed E-state index contributed by atoms with van der Waals surface area (Å²) in [7, 11) is 0. The summed E-state index contributed by atoms with van der Waals surface area (Å²) in [6.07, 6.45) is 18.5. The van der Waals surface area contributed by atoms with Gasteiger partial charge in [-0.2, -0.15) is 0 Å². The van der Waals surface area contributed by atoms with Crippen LogP contribution in [0.4, 0.5) is 0 Å². The van der Waals surface area contributed by atoms with Crippen molar-refractivity contribution in [1.82, 2.24) is 0 Å². The second-order valence-electron chi connectivity index (χ2n) is 7.50. The number of benzene rings is 1. The fourth-order valence-electron chi connectivity index (χ4n) is 3.46. The number of unbranched alkanes of at least 4 members (excludes halogenated alkanes) is 12. The number of aldehydes is 1. The predicted molar refractivity (Wildman–Crippen MR) is 111 cm³/mol. The summed E-state index contributed by atoms with van der Waals surface area (Å²) < 4.78 is 0. The zero-order valence-electron chi connectivity index (χ0n) is 16.8. The van der Waals surface area contributed by atoms with Gasteiger partial charge in [-0.3, -0.25) is 4.79 Å². The first-order valence-corrected chi connectivity index (χ1v) is 10.8. The van der Waals surface area contributed by atoms with Crippen molar-refractivity contribution >= 4 is 12.1 Å². The number of carbonyl (C=O) groups excluding carboxylic acids is 2. The molecule has 0 fully saturated rings. The molecule has 1 aromatic rings. The summed E-state index contributed by atoms with van der Waals surface area (Å²) in [5, 5.41) is 0. The Balaban J connectivity index is 1.97. The predicted octanol–water partition coefficient (Wildman–Crippen LogP) is 7.17. The van der Waals surface area contributed by atoms with Crippen LogP contribution in [0.2, 0.25) is 0 Å². The van der Waals surface area contributed by atoms with Gasteiger partial charge in [-0.25, -0.2) is 0 Å². The highest BCUT2D eigenvalue weighted by atomic mass is 16.1. The Morgan fingerprint density at radius 3 is 1.69 bits per heavy atom. The van der Waals surface area contributed by atoms with E-state index in [9.17, 15) is 9.59 Å². The summed E-state index contributed by atoms with van der Waals surface area (Å²) in [5.41, 5.74) is 0.652. The number of ketones is 1. The molecule has 1 rings (SSSR count). The van der Waals surface area contributed by atoms with E-state index in [1.54, 1.807) is 12.1 Å². The highest BCUT2D eigenvalue weighted by molar-refractivity contribution is 6.05. The molecule has 1 aromatic carbocycles. The molecule has 1 atom stereocenters. The quantitative estimate of drug-likeness (QED) is 0.128. The third-order valence-electron chi connectivity index (χ3n) is 5.18. The molecule has 0 saturated carbocycles. The van der Waals surface area contributed by atoms with Gasteiger partial charge < -0.3 is 4.79 Å². The van der Waals surface area contributed by atoms with Gasteiger partial charge in [0.05, 0.1) is 5.92 Å². The van der Waals surface area contributed by atoms with Crippen molar-refractivity contribution in [1.29, 1.82) is 0 Å². The van der Waals surface area contributed by atoms with Crippen LogP contribution in [0.1, 0.15) is 107 Å². The topological polar surface area (TPSA) is 34.1 Å². The van der Waals surface area contributed by atoms with Crippen LogP contribution in [-0.2, 0) is 4.79 Å². The van der Waals surface area contributed by atoms with Crippen molar-refractivity contribution < 1.29 is 9.59 Å². The molecule has 0 amide bonds. The molecule has 2 heteroatoms. The van der Waals surface area contributed by atoms with Gasteiger partial charge in [-0.1, -0.05) is 121 Å². The van der Waals surface area contributed by atoms with Gasteiger partial charge in [-0.15, -0.1) is 0 Å². The molecule has 0 N–H and O–H groups in total. The maximum Gasteiger partial charge on any atom is 0.173 e. The van der Waals surface area contributed by atoms with E-state index < -0.39 is 5.92 Å². The molecule has 0 spiro atoms. The van der Waals surface area contributed by atoms with Gasteiger partial charge in [0.2, 0.25) is 0 Å². The normalized spacial score (nSPS) is 12.0. The lowest BCUT2D eigenvalue weighted by Crippen LogP contribution is -2.16. The van der Waals surface area contributed by atoms with Gasteiger partial charge in [0, 0.05) is 5.56 Å². The van der Waals surface area contributed by atoms with E-state index in [1.807, 2.05) is 18.2 Å². The molecule has 0 saturated heterocycles. The number of hydrogen-bond donors (Lipinski definition) is 0. The third kappa shape index (κ3) is 10.5. The summed E-state index contributed by atoms with van der Waals surface area (Å²) >= 11 is 0. The Bertz CT molecular complexity index is 466. The van der Waals surface area contributed by atoms with Crippen LogP contribution in [0.25, 0.3) is 0 Å². The molecule has 0 aromatic heterocycles. The van der Waals surface area contributed by atoms with Crippen LogP contribution in [0.15, 0.2) is 30.3 Å². The second-order valence-corrected chi connectivity index (χ2v) is 7.50. The lowest BCUT2D eigenvalue weighted by atomic mass is 9.93. The van der Waals surface area contributed by atoms with Crippen molar-refractivity contribution in [3.63, 3.8) is 0 Å². The van der Waals surface area contributed by atoms with E-state index in [1.165, 1.54) is 70.6 Å². The zero-order chi connectivity index (χ0) is 18.9. The van der Waals surface area contributed by atoms with E-state index in [4.69, 9.17) is 0 Å². The Hall–Kier alpha value is -1.44. The van der Waals surface area contributed by atoms with Gasteiger partial charge in [0.1, 0.15) is 6.29 Å². The molecule has 0 radical (unpaired) electrons. The first-order valence-electron chi connectivity index (χ1n) is 10.8. The fraction of sp³-hybridized carbons (Fsp3) is 0.667. The minimum absolute atomic E-state index is 0.0282. The first-order chi connectivity index (χ1) is 12.8. The van der Waals surface area contributed by atoms with Crippen molar-refractivity contribution in [2.24, 2.45) is 5.92 Å². The molecule has 0 bridgehead atoms. The lowest BCUT2D eigenvalue weighted by Gasteiger charge is -2.09. The molecule has 1 unspecified atom stereocenters. The highest BCUT2D eigenvalue weighted by Crippen LogP contribution is 2.17. The van der Waals surface area contributed by atoms with E-state index in [-0.39, 0.29) is 5.78 Å². The van der Waals surface area contributed by atoms with Crippen molar-refractivity contribution in [2.75, 3.05) is 0 Å². The Labute approximate surface area is 160 Å². The fourth-order valence-corrected chi connectivity index (χ4v) is 3.46. The largest absolute Gasteiger partial charge is 0.303 e. The molecule has 0 heterocycles. The summed E-state index contributed by atoms with van der Waals surface area (Å²) in [6.45, 7) is 2.26. The summed E-state index contributed by atoms with van der Waals surface area (Å²) in [5.74, 6) is -0.496. The maximum absolute atomic E-state index is 12.3. The summed E-state index contributed by atoms with van der Waals surface area (Å²) in [6, 6.07) is 9.17. The molecule has 146 valence electrons. The second kappa shape index (κ2) is 15.8. The number of Topliss-reactive ketones (excluding diaryl/α,β-unsaturated/α-hetero) is 1. The third-order valence-corrected chi connectivity index (χ3v) is 5.18. The number of carbonyl (C=O) groups is 2. The van der Waals surface area contributed by atoms with Crippen molar-refractivity contribution in [2.45, 2.75) is 96.8 Å². The molecule has 0 aliphatic rings. The maximum atomic E-state index is 12.3. The van der Waals surface area contributed by atoms with Crippen LogP contribution in [-0.4, -0.2) is 12.1 Å². The van der Waals surface area contributed by atoms with Gasteiger partial charge in [0.15, 0.2) is 5.78 Å². The lowest BCUT2D eigenvalue weighted by molar-refractivity contribution is -0.110. The Morgan fingerprint density at radius 1 is 0.769 bits per heavy atom. The molecular formula is C24H38O2. The summed E-state index contributed by atoms with van der Waals surface area (Å²) in [4.78, 5) is 23.5. The van der Waals surface area contributed by atoms with Crippen molar-refractivity contribution in [3.8, 4) is 0 Å². The Kier molecular flexibility index (Phi) is 13.7. The number of rotatable bonds is 17. The minimum Gasteiger partial charge on any atom is -0.303 e.